The summed E-state index contributed by atoms with van der Waals surface area (Å²) in [5.74, 6) is -0.953. The first-order valence-corrected chi connectivity index (χ1v) is 18.2. The number of aromatic nitrogens is 2. The number of carbonyl (C=O) groups excluding carboxylic acids is 3. The first-order valence-electron chi connectivity index (χ1n) is 18.2. The number of amides is 3. The molecule has 0 atom stereocenters. The van der Waals surface area contributed by atoms with Gasteiger partial charge in [0.1, 0.15) is 34.4 Å². The molecule has 0 aliphatic carbocycles. The van der Waals surface area contributed by atoms with E-state index in [0.29, 0.717) is 87.5 Å². The Kier molecular flexibility index (Phi) is 16.3. The van der Waals surface area contributed by atoms with Crippen molar-refractivity contribution in [2.45, 2.75) is 111 Å². The molecule has 1 aromatic heterocycles. The van der Waals surface area contributed by atoms with Gasteiger partial charge in [-0.05, 0) is 129 Å². The van der Waals surface area contributed by atoms with E-state index in [1.807, 2.05) is 0 Å². The van der Waals surface area contributed by atoms with Crippen molar-refractivity contribution in [3.05, 3.63) is 77.7 Å². The normalized spacial score (nSPS) is 12.6. The number of hydrogen-bond donors (Lipinski definition) is 2. The predicted molar refractivity (Wildman–Crippen MR) is 205 cm³/mol. The summed E-state index contributed by atoms with van der Waals surface area (Å²) in [5, 5.41) is 0. The molecule has 0 saturated heterocycles. The maximum absolute atomic E-state index is 13.1. The average Bonchev–Trinajstić information content (AvgIpc) is 3.46. The minimum Gasteiger partial charge on any atom is -0.494 e. The second-order valence-electron chi connectivity index (χ2n) is 14.7. The zero-order valence-corrected chi connectivity index (χ0v) is 32.7. The summed E-state index contributed by atoms with van der Waals surface area (Å²) in [5.41, 5.74) is 11.5. The zero-order valence-electron chi connectivity index (χ0n) is 32.7. The molecule has 3 aromatic rings. The van der Waals surface area contributed by atoms with Gasteiger partial charge in [0, 0.05) is 36.6 Å². The number of aliphatic imine (C=N–C) groups is 2. The number of alkyl halides is 3. The lowest BCUT2D eigenvalue weighted by Crippen LogP contribution is -2.31. The maximum atomic E-state index is 13.1. The Morgan fingerprint density at radius 2 is 0.982 bits per heavy atom. The lowest BCUT2D eigenvalue weighted by Gasteiger charge is -2.17. The second kappa shape index (κ2) is 20.3. The summed E-state index contributed by atoms with van der Waals surface area (Å²) in [6.07, 6.45) is 0.547. The van der Waals surface area contributed by atoms with Gasteiger partial charge in [0.2, 0.25) is 5.62 Å². The number of imidazole rings is 1. The van der Waals surface area contributed by atoms with Crippen molar-refractivity contribution in [1.82, 2.24) is 9.13 Å². The third-order valence-corrected chi connectivity index (χ3v) is 7.52. The smallest absolute Gasteiger partial charge is 0.473 e. The van der Waals surface area contributed by atoms with Crippen molar-refractivity contribution < 1.29 is 46.5 Å². The number of rotatable bonds is 16. The number of nitrogens with zero attached hydrogens (tertiary/aromatic N) is 5. The van der Waals surface area contributed by atoms with E-state index in [9.17, 15) is 27.6 Å². The standard InChI is InChI=1S/C39H52F3N7O7/c1-37(2,3)55-35(51)45-31(43)27-13-17-29(18-14-27)53-25-11-7-9-21-48-23-24-49(34(48)47-33(50)39(40,41)42)22-10-8-12-26-54-30-19-15-28(16-20-30)32(44)46-36(52)56-38(4,5)6/h13-20,23-24H,7-12,21-22,25-26H2,1-6H3,(H2,43,45,51)(H2,44,46,52). The van der Waals surface area contributed by atoms with E-state index in [-0.39, 0.29) is 17.3 Å². The van der Waals surface area contributed by atoms with Crippen LogP contribution in [0.15, 0.2) is 75.9 Å². The minimum absolute atomic E-state index is 0.0165. The number of aryl methyl sites for hydroxylation is 2. The van der Waals surface area contributed by atoms with E-state index in [1.165, 1.54) is 0 Å². The topological polar surface area (TPSA) is 187 Å². The molecule has 3 amide bonds. The van der Waals surface area contributed by atoms with Crippen molar-refractivity contribution >= 4 is 29.8 Å². The van der Waals surface area contributed by atoms with Crippen LogP contribution in [0.25, 0.3) is 0 Å². The van der Waals surface area contributed by atoms with E-state index in [1.54, 1.807) is 112 Å². The van der Waals surface area contributed by atoms with Crippen LogP contribution in [0.4, 0.5) is 22.8 Å². The number of hydrogen-bond acceptors (Lipinski definition) is 7. The molecule has 1 heterocycles. The lowest BCUT2D eigenvalue weighted by molar-refractivity contribution is -0.169. The van der Waals surface area contributed by atoms with Crippen LogP contribution in [0, 0.1) is 0 Å². The van der Waals surface area contributed by atoms with E-state index in [0.717, 1.165) is 0 Å². The van der Waals surface area contributed by atoms with Crippen molar-refractivity contribution in [2.75, 3.05) is 13.2 Å². The molecule has 3 rings (SSSR count). The van der Waals surface area contributed by atoms with Crippen molar-refractivity contribution in [3.63, 3.8) is 0 Å². The number of halogens is 3. The zero-order chi connectivity index (χ0) is 41.5. The van der Waals surface area contributed by atoms with E-state index in [4.69, 9.17) is 30.4 Å². The van der Waals surface area contributed by atoms with Gasteiger partial charge in [0.15, 0.2) is 0 Å². The Hall–Kier alpha value is -5.61. The van der Waals surface area contributed by atoms with Crippen LogP contribution in [0.3, 0.4) is 0 Å². The Balaban J connectivity index is 1.45. The number of unbranched alkanes of at least 4 members (excludes halogenated alkanes) is 4. The van der Waals surface area contributed by atoms with Gasteiger partial charge in [-0.15, -0.1) is 0 Å². The highest BCUT2D eigenvalue weighted by molar-refractivity contribution is 6.03. The number of ether oxygens (including phenoxy) is 4. The fraction of sp³-hybridized carbons (Fsp3) is 0.487. The number of nitrogens with two attached hydrogens (primary N) is 2. The largest absolute Gasteiger partial charge is 0.494 e. The molecule has 0 aliphatic rings. The minimum atomic E-state index is -5.09. The van der Waals surface area contributed by atoms with E-state index < -0.39 is 35.5 Å². The van der Waals surface area contributed by atoms with Crippen molar-refractivity contribution in [1.29, 1.82) is 0 Å². The van der Waals surface area contributed by atoms with E-state index >= 15 is 0 Å². The van der Waals surface area contributed by atoms with Crippen LogP contribution in [-0.2, 0) is 27.4 Å². The van der Waals surface area contributed by atoms with Crippen molar-refractivity contribution in [2.24, 2.45) is 26.4 Å². The predicted octanol–water partition coefficient (Wildman–Crippen LogP) is 7.06. The SMILES string of the molecule is CC(C)(C)OC(=O)/N=C(\N)c1ccc(OCCCCCn2ccn(CCCCCOc3ccc(/C(N)=N/C(=O)OC(C)(C)C)cc3)c2=NC(=O)C(F)(F)F)cc1. The summed E-state index contributed by atoms with van der Waals surface area (Å²) in [6.45, 7) is 11.9. The van der Waals surface area contributed by atoms with Gasteiger partial charge >= 0.3 is 24.3 Å². The second-order valence-corrected chi connectivity index (χ2v) is 14.7. The van der Waals surface area contributed by atoms with Crippen LogP contribution >= 0.6 is 0 Å². The fourth-order valence-corrected chi connectivity index (χ4v) is 4.93. The highest BCUT2D eigenvalue weighted by atomic mass is 19.4. The summed E-state index contributed by atoms with van der Waals surface area (Å²) >= 11 is 0. The maximum Gasteiger partial charge on any atom is 0.473 e. The summed E-state index contributed by atoms with van der Waals surface area (Å²) in [4.78, 5) is 46.6. The molecule has 0 radical (unpaired) electrons. The van der Waals surface area contributed by atoms with Gasteiger partial charge in [-0.3, -0.25) is 4.79 Å². The highest BCUT2D eigenvalue weighted by Gasteiger charge is 2.38. The molecule has 0 unspecified atom stereocenters. The monoisotopic (exact) mass is 787 g/mol. The third-order valence-electron chi connectivity index (χ3n) is 7.52. The Morgan fingerprint density at radius 1 is 0.607 bits per heavy atom. The Bertz CT molecular complexity index is 1770. The summed E-state index contributed by atoms with van der Waals surface area (Å²) in [6, 6.07) is 13.5. The molecule has 2 aromatic carbocycles. The van der Waals surface area contributed by atoms with Crippen LogP contribution in [0.1, 0.15) is 91.2 Å². The van der Waals surface area contributed by atoms with Crippen LogP contribution < -0.4 is 26.6 Å². The summed E-state index contributed by atoms with van der Waals surface area (Å²) < 4.78 is 64.4. The molecule has 0 fully saturated rings. The molecule has 0 bridgehead atoms. The summed E-state index contributed by atoms with van der Waals surface area (Å²) in [7, 11) is 0. The molecule has 4 N–H and O–H groups in total. The first-order chi connectivity index (χ1) is 26.2. The van der Waals surface area contributed by atoms with Gasteiger partial charge in [-0.2, -0.15) is 28.1 Å². The molecular weight excluding hydrogens is 735 g/mol. The molecule has 0 spiro atoms. The third kappa shape index (κ3) is 16.4. The van der Waals surface area contributed by atoms with E-state index in [2.05, 4.69) is 15.0 Å². The van der Waals surface area contributed by atoms with Gasteiger partial charge in [0.05, 0.1) is 13.2 Å². The van der Waals surface area contributed by atoms with Crippen LogP contribution in [0.5, 0.6) is 11.5 Å². The number of amidine groups is 2. The molecular formula is C39H52F3N7O7. The van der Waals surface area contributed by atoms with Crippen LogP contribution in [0.2, 0.25) is 0 Å². The number of carbonyl (C=O) groups is 3. The van der Waals surface area contributed by atoms with Crippen LogP contribution in [-0.4, -0.2) is 69.5 Å². The van der Waals surface area contributed by atoms with Gasteiger partial charge < -0.3 is 39.5 Å². The van der Waals surface area contributed by atoms with Gasteiger partial charge in [-0.1, -0.05) is 0 Å². The average molecular weight is 788 g/mol. The molecule has 14 nitrogen and oxygen atoms in total. The molecule has 306 valence electrons. The Labute approximate surface area is 324 Å². The number of benzene rings is 2. The molecule has 56 heavy (non-hydrogen) atoms. The van der Waals surface area contributed by atoms with Gasteiger partial charge in [-0.25, -0.2) is 9.59 Å². The fourth-order valence-electron chi connectivity index (χ4n) is 4.93. The lowest BCUT2D eigenvalue weighted by atomic mass is 10.2. The first kappa shape index (κ1) is 44.8. The quantitative estimate of drug-likeness (QED) is 0.0871. The van der Waals surface area contributed by atoms with Crippen molar-refractivity contribution in [3.8, 4) is 11.5 Å². The molecule has 0 aliphatic heterocycles. The Morgan fingerprint density at radius 3 is 1.32 bits per heavy atom. The van der Waals surface area contributed by atoms with Gasteiger partial charge in [0.25, 0.3) is 0 Å². The molecule has 17 heteroatoms. The molecule has 0 saturated carbocycles. The highest BCUT2D eigenvalue weighted by Crippen LogP contribution is 2.17.